The smallest absolute Gasteiger partial charge is 0.361 e. The lowest BCUT2D eigenvalue weighted by molar-refractivity contribution is -0.149. The molecular weight excluding hydrogens is 289 g/mol. The van der Waals surface area contributed by atoms with Crippen molar-refractivity contribution in [1.82, 2.24) is 4.90 Å². The van der Waals surface area contributed by atoms with Crippen LogP contribution in [0.15, 0.2) is 24.3 Å². The number of alkyl halides is 3. The molecule has 0 unspecified atom stereocenters. The summed E-state index contributed by atoms with van der Waals surface area (Å²) >= 11 is 1.56. The molecule has 1 aromatic carbocycles. The SMILES string of the molecule is O=C1c2ccccc2N[C@]2(CCSC2)N1CC(F)(F)F. The number of hydrogen-bond acceptors (Lipinski definition) is 3. The van der Waals surface area contributed by atoms with Gasteiger partial charge in [0.05, 0.1) is 5.56 Å². The van der Waals surface area contributed by atoms with E-state index < -0.39 is 24.3 Å². The number of thioether (sulfide) groups is 1. The Labute approximate surface area is 118 Å². The Hall–Kier alpha value is -1.37. The average Bonchev–Trinajstić information content (AvgIpc) is 2.83. The van der Waals surface area contributed by atoms with Gasteiger partial charge in [-0.2, -0.15) is 24.9 Å². The van der Waals surface area contributed by atoms with Crippen LogP contribution in [0.1, 0.15) is 16.8 Å². The summed E-state index contributed by atoms with van der Waals surface area (Å²) in [6, 6.07) is 6.73. The second-order valence-corrected chi connectivity index (χ2v) is 6.12. The zero-order valence-electron chi connectivity index (χ0n) is 10.5. The van der Waals surface area contributed by atoms with E-state index in [-0.39, 0.29) is 0 Å². The number of amides is 1. The molecule has 2 heterocycles. The monoisotopic (exact) mass is 302 g/mol. The summed E-state index contributed by atoms with van der Waals surface area (Å²) in [4.78, 5) is 13.4. The van der Waals surface area contributed by atoms with E-state index in [1.807, 2.05) is 0 Å². The third kappa shape index (κ3) is 2.24. The summed E-state index contributed by atoms with van der Waals surface area (Å²) in [5.74, 6) is 0.680. The topological polar surface area (TPSA) is 32.3 Å². The third-order valence-corrected chi connectivity index (χ3v) is 4.80. The van der Waals surface area contributed by atoms with Crippen LogP contribution in [0.3, 0.4) is 0 Å². The number of rotatable bonds is 1. The molecule has 1 fully saturated rings. The van der Waals surface area contributed by atoms with E-state index in [1.165, 1.54) is 0 Å². The molecule has 2 aliphatic rings. The fourth-order valence-corrected chi connectivity index (χ4v) is 4.04. The standard InChI is InChI=1S/C13H13F3N2OS/c14-13(15,16)7-18-11(19)9-3-1-2-4-10(9)17-12(18)5-6-20-8-12/h1-4,17H,5-8H2/t12-/m1/s1. The van der Waals surface area contributed by atoms with Crippen LogP contribution in [0.25, 0.3) is 0 Å². The van der Waals surface area contributed by atoms with E-state index >= 15 is 0 Å². The molecule has 1 saturated heterocycles. The molecule has 0 aromatic heterocycles. The molecule has 1 atom stereocenters. The van der Waals surface area contributed by atoms with Gasteiger partial charge in [-0.15, -0.1) is 0 Å². The van der Waals surface area contributed by atoms with Gasteiger partial charge in [-0.1, -0.05) is 12.1 Å². The number of benzene rings is 1. The largest absolute Gasteiger partial charge is 0.406 e. The quantitative estimate of drug-likeness (QED) is 0.865. The number of carbonyl (C=O) groups excluding carboxylic acids is 1. The van der Waals surface area contributed by atoms with Gasteiger partial charge in [-0.3, -0.25) is 4.79 Å². The van der Waals surface area contributed by atoms with Gasteiger partial charge in [0.25, 0.3) is 5.91 Å². The van der Waals surface area contributed by atoms with Crippen molar-refractivity contribution in [2.24, 2.45) is 0 Å². The summed E-state index contributed by atoms with van der Waals surface area (Å²) in [5.41, 5.74) is 0.0173. The normalized spacial score (nSPS) is 25.8. The summed E-state index contributed by atoms with van der Waals surface area (Å²) < 4.78 is 38.4. The highest BCUT2D eigenvalue weighted by atomic mass is 32.2. The molecule has 0 aliphatic carbocycles. The molecule has 1 N–H and O–H groups in total. The molecule has 0 bridgehead atoms. The lowest BCUT2D eigenvalue weighted by Crippen LogP contribution is -2.62. The van der Waals surface area contributed by atoms with Gasteiger partial charge in [-0.05, 0) is 24.3 Å². The maximum Gasteiger partial charge on any atom is 0.406 e. The van der Waals surface area contributed by atoms with Gasteiger partial charge in [0.2, 0.25) is 0 Å². The Kier molecular flexibility index (Phi) is 3.12. The van der Waals surface area contributed by atoms with Crippen molar-refractivity contribution in [2.75, 3.05) is 23.4 Å². The highest BCUT2D eigenvalue weighted by Gasteiger charge is 2.50. The average molecular weight is 302 g/mol. The summed E-state index contributed by atoms with van der Waals surface area (Å²) in [6.07, 6.45) is -3.88. The number of halogens is 3. The van der Waals surface area contributed by atoms with E-state index in [0.717, 1.165) is 10.7 Å². The Morgan fingerprint density at radius 3 is 2.75 bits per heavy atom. The van der Waals surface area contributed by atoms with Crippen molar-refractivity contribution >= 4 is 23.4 Å². The van der Waals surface area contributed by atoms with Gasteiger partial charge >= 0.3 is 6.18 Å². The summed E-state index contributed by atoms with van der Waals surface area (Å²) in [6.45, 7) is -1.21. The first-order chi connectivity index (χ1) is 9.41. The minimum atomic E-state index is -4.40. The zero-order valence-corrected chi connectivity index (χ0v) is 11.4. The first kappa shape index (κ1) is 13.6. The van der Waals surface area contributed by atoms with Crippen molar-refractivity contribution in [2.45, 2.75) is 18.3 Å². The first-order valence-electron chi connectivity index (χ1n) is 6.25. The van der Waals surface area contributed by atoms with E-state index in [2.05, 4.69) is 5.32 Å². The zero-order chi connectivity index (χ0) is 14.4. The number of hydrogen-bond donors (Lipinski definition) is 1. The predicted molar refractivity (Wildman–Crippen MR) is 71.8 cm³/mol. The Morgan fingerprint density at radius 1 is 1.35 bits per heavy atom. The van der Waals surface area contributed by atoms with Gasteiger partial charge < -0.3 is 10.2 Å². The van der Waals surface area contributed by atoms with Crippen molar-refractivity contribution in [3.63, 3.8) is 0 Å². The molecule has 3 rings (SSSR count). The molecule has 20 heavy (non-hydrogen) atoms. The Morgan fingerprint density at radius 2 is 2.10 bits per heavy atom. The van der Waals surface area contributed by atoms with E-state index in [0.29, 0.717) is 23.4 Å². The van der Waals surface area contributed by atoms with Crippen molar-refractivity contribution < 1.29 is 18.0 Å². The number of carbonyl (C=O) groups is 1. The molecule has 0 saturated carbocycles. The fourth-order valence-electron chi connectivity index (χ4n) is 2.70. The molecule has 1 spiro atoms. The maximum absolute atomic E-state index is 12.8. The molecule has 1 amide bonds. The molecule has 108 valence electrons. The third-order valence-electron chi connectivity index (χ3n) is 3.62. The number of para-hydroxylation sites is 1. The number of nitrogens with one attached hydrogen (secondary N) is 1. The maximum atomic E-state index is 12.8. The van der Waals surface area contributed by atoms with Crippen LogP contribution in [-0.2, 0) is 0 Å². The van der Waals surface area contributed by atoms with Crippen LogP contribution in [0, 0.1) is 0 Å². The molecule has 2 aliphatic heterocycles. The second-order valence-electron chi connectivity index (χ2n) is 5.01. The number of nitrogens with zero attached hydrogens (tertiary/aromatic N) is 1. The lowest BCUT2D eigenvalue weighted by Gasteiger charge is -2.46. The van der Waals surface area contributed by atoms with Crippen LogP contribution < -0.4 is 5.32 Å². The van der Waals surface area contributed by atoms with Crippen molar-refractivity contribution in [1.29, 1.82) is 0 Å². The van der Waals surface area contributed by atoms with Crippen LogP contribution in [-0.4, -0.2) is 40.7 Å². The second kappa shape index (κ2) is 4.58. The van der Waals surface area contributed by atoms with E-state index in [1.54, 1.807) is 36.0 Å². The lowest BCUT2D eigenvalue weighted by atomic mass is 9.98. The summed E-state index contributed by atoms with van der Waals surface area (Å²) in [7, 11) is 0. The van der Waals surface area contributed by atoms with Crippen LogP contribution in [0.2, 0.25) is 0 Å². The van der Waals surface area contributed by atoms with Crippen molar-refractivity contribution in [3.05, 3.63) is 29.8 Å². The first-order valence-corrected chi connectivity index (χ1v) is 7.40. The van der Waals surface area contributed by atoms with Crippen LogP contribution >= 0.6 is 11.8 Å². The molecular formula is C13H13F3N2OS. The number of anilines is 1. The highest BCUT2D eigenvalue weighted by molar-refractivity contribution is 7.99. The Bertz CT molecular complexity index is 541. The molecule has 0 radical (unpaired) electrons. The van der Waals surface area contributed by atoms with Gasteiger partial charge in [0.1, 0.15) is 12.2 Å². The molecule has 7 heteroatoms. The van der Waals surface area contributed by atoms with E-state index in [9.17, 15) is 18.0 Å². The Balaban J connectivity index is 2.03. The highest BCUT2D eigenvalue weighted by Crippen LogP contribution is 2.41. The van der Waals surface area contributed by atoms with E-state index in [4.69, 9.17) is 0 Å². The van der Waals surface area contributed by atoms with Gasteiger partial charge in [-0.25, -0.2) is 0 Å². The van der Waals surface area contributed by atoms with Gasteiger partial charge in [0.15, 0.2) is 0 Å². The van der Waals surface area contributed by atoms with Crippen molar-refractivity contribution in [3.8, 4) is 0 Å². The number of fused-ring (bicyclic) bond motifs is 1. The minimum Gasteiger partial charge on any atom is -0.361 e. The minimum absolute atomic E-state index is 0.305. The fraction of sp³-hybridized carbons (Fsp3) is 0.462. The molecule has 3 nitrogen and oxygen atoms in total. The summed E-state index contributed by atoms with van der Waals surface area (Å²) in [5, 5.41) is 3.16. The van der Waals surface area contributed by atoms with Crippen LogP contribution in [0.4, 0.5) is 18.9 Å². The molecule has 1 aromatic rings. The predicted octanol–water partition coefficient (Wildman–Crippen LogP) is 2.95. The van der Waals surface area contributed by atoms with Crippen LogP contribution in [0.5, 0.6) is 0 Å². The van der Waals surface area contributed by atoms with Gasteiger partial charge in [0, 0.05) is 11.4 Å².